The number of aryl methyl sites for hydroxylation is 1. The zero-order chi connectivity index (χ0) is 18.1. The van der Waals surface area contributed by atoms with E-state index in [-0.39, 0.29) is 11.1 Å². The molecule has 0 saturated carbocycles. The van der Waals surface area contributed by atoms with Gasteiger partial charge in [-0.2, -0.15) is 5.10 Å². The molecule has 0 unspecified atom stereocenters. The molecule has 0 atom stereocenters. The molecule has 2 heterocycles. The van der Waals surface area contributed by atoms with Crippen LogP contribution in [0.1, 0.15) is 10.5 Å². The fraction of sp³-hybridized carbons (Fsp3) is 0.0526. The second kappa shape index (κ2) is 6.29. The van der Waals surface area contributed by atoms with Gasteiger partial charge in [-0.05, 0) is 36.4 Å². The zero-order valence-corrected chi connectivity index (χ0v) is 14.0. The van der Waals surface area contributed by atoms with Crippen molar-refractivity contribution in [1.82, 2.24) is 19.3 Å². The molecule has 26 heavy (non-hydrogen) atoms. The van der Waals surface area contributed by atoms with E-state index in [1.165, 1.54) is 4.68 Å². The normalized spacial score (nSPS) is 10.8. The molecule has 2 aromatic heterocycles. The number of benzene rings is 2. The van der Waals surface area contributed by atoms with Crippen LogP contribution in [0.2, 0.25) is 0 Å². The van der Waals surface area contributed by atoms with Crippen LogP contribution in [-0.2, 0) is 7.05 Å². The van der Waals surface area contributed by atoms with Crippen LogP contribution in [0.5, 0.6) is 0 Å². The van der Waals surface area contributed by atoms with Gasteiger partial charge >= 0.3 is 0 Å². The Labute approximate surface area is 148 Å². The van der Waals surface area contributed by atoms with E-state index in [2.05, 4.69) is 15.4 Å². The minimum atomic E-state index is -0.535. The maximum absolute atomic E-state index is 12.6. The number of hydrogen-bond acceptors (Lipinski definition) is 4. The fourth-order valence-corrected chi connectivity index (χ4v) is 2.79. The van der Waals surface area contributed by atoms with Crippen molar-refractivity contribution in [3.63, 3.8) is 0 Å². The lowest BCUT2D eigenvalue weighted by Gasteiger charge is -2.09. The van der Waals surface area contributed by atoms with Gasteiger partial charge in [0.1, 0.15) is 0 Å². The van der Waals surface area contributed by atoms with Crippen molar-refractivity contribution in [2.24, 2.45) is 7.05 Å². The predicted octanol–water partition coefficient (Wildman–Crippen LogP) is 2.37. The minimum Gasteiger partial charge on any atom is -0.320 e. The average Bonchev–Trinajstić information content (AvgIpc) is 3.20. The van der Waals surface area contributed by atoms with E-state index in [1.54, 1.807) is 49.9 Å². The topological polar surface area (TPSA) is 81.8 Å². The van der Waals surface area contributed by atoms with Crippen LogP contribution in [0, 0.1) is 0 Å². The number of imidazole rings is 1. The fourth-order valence-electron chi connectivity index (χ4n) is 2.79. The summed E-state index contributed by atoms with van der Waals surface area (Å²) >= 11 is 0. The Morgan fingerprint density at radius 2 is 1.85 bits per heavy atom. The molecule has 4 rings (SSSR count). The summed E-state index contributed by atoms with van der Waals surface area (Å²) in [5.41, 5.74) is 1.66. The van der Waals surface area contributed by atoms with Crippen LogP contribution in [-0.4, -0.2) is 25.2 Å². The first-order chi connectivity index (χ1) is 12.6. The number of hydrogen-bond donors (Lipinski definition) is 1. The molecule has 1 N–H and O–H groups in total. The van der Waals surface area contributed by atoms with Gasteiger partial charge in [0.15, 0.2) is 5.69 Å². The van der Waals surface area contributed by atoms with E-state index in [0.29, 0.717) is 16.6 Å². The third kappa shape index (κ3) is 2.75. The molecule has 0 aliphatic heterocycles. The molecule has 2 aromatic carbocycles. The molecule has 128 valence electrons. The van der Waals surface area contributed by atoms with Crippen molar-refractivity contribution in [1.29, 1.82) is 0 Å². The lowest BCUT2D eigenvalue weighted by atomic mass is 10.2. The van der Waals surface area contributed by atoms with E-state index in [4.69, 9.17) is 0 Å². The molecular weight excluding hydrogens is 330 g/mol. The number of amides is 1. The number of nitrogens with zero attached hydrogens (tertiary/aromatic N) is 4. The number of carbonyl (C=O) groups excluding carboxylic acids is 1. The summed E-state index contributed by atoms with van der Waals surface area (Å²) < 4.78 is 3.39. The maximum Gasteiger partial charge on any atom is 0.280 e. The Kier molecular flexibility index (Phi) is 3.81. The number of rotatable bonds is 3. The summed E-state index contributed by atoms with van der Waals surface area (Å²) in [6.45, 7) is 0. The van der Waals surface area contributed by atoms with Crippen molar-refractivity contribution in [2.75, 3.05) is 5.32 Å². The highest BCUT2D eigenvalue weighted by Gasteiger charge is 2.16. The highest BCUT2D eigenvalue weighted by molar-refractivity contribution is 6.04. The molecule has 4 aromatic rings. The van der Waals surface area contributed by atoms with Crippen LogP contribution in [0.3, 0.4) is 0 Å². The first kappa shape index (κ1) is 15.8. The van der Waals surface area contributed by atoms with Gasteiger partial charge in [0.25, 0.3) is 5.91 Å². The van der Waals surface area contributed by atoms with Crippen LogP contribution >= 0.6 is 0 Å². The summed E-state index contributed by atoms with van der Waals surface area (Å²) in [6.07, 6.45) is 5.21. The molecule has 0 fully saturated rings. The van der Waals surface area contributed by atoms with Crippen LogP contribution in [0.4, 0.5) is 5.69 Å². The second-order valence-corrected chi connectivity index (χ2v) is 5.79. The molecule has 0 spiro atoms. The molecule has 7 nitrogen and oxygen atoms in total. The molecule has 0 aliphatic rings. The number of anilines is 1. The maximum atomic E-state index is 12.6. The standard InChI is InChI=1S/C19H15N5O2/c1-23-16-5-3-2-4-15(16)18(25)17(22-23)19(26)21-13-6-8-14(9-7-13)24-11-10-20-12-24/h2-12H,1H3,(H,21,26). The van der Waals surface area contributed by atoms with E-state index >= 15 is 0 Å². The van der Waals surface area contributed by atoms with Gasteiger partial charge < -0.3 is 9.88 Å². The van der Waals surface area contributed by atoms with Gasteiger partial charge in [0, 0.05) is 36.2 Å². The predicted molar refractivity (Wildman–Crippen MR) is 98.5 cm³/mol. The highest BCUT2D eigenvalue weighted by atomic mass is 16.2. The van der Waals surface area contributed by atoms with Crippen molar-refractivity contribution >= 4 is 22.5 Å². The number of aromatic nitrogens is 4. The van der Waals surface area contributed by atoms with Gasteiger partial charge in [0.2, 0.25) is 5.43 Å². The summed E-state index contributed by atoms with van der Waals surface area (Å²) in [7, 11) is 1.71. The molecule has 0 radical (unpaired) electrons. The molecule has 0 bridgehead atoms. The summed E-state index contributed by atoms with van der Waals surface area (Å²) in [5.74, 6) is -0.535. The average molecular weight is 345 g/mol. The van der Waals surface area contributed by atoms with E-state index < -0.39 is 5.91 Å². The third-order valence-electron chi connectivity index (χ3n) is 4.11. The van der Waals surface area contributed by atoms with E-state index in [0.717, 1.165) is 5.69 Å². The van der Waals surface area contributed by atoms with Gasteiger partial charge in [-0.25, -0.2) is 4.98 Å². The Morgan fingerprint density at radius 1 is 1.08 bits per heavy atom. The molecule has 0 aliphatic carbocycles. The summed E-state index contributed by atoms with van der Waals surface area (Å²) in [4.78, 5) is 29.1. The van der Waals surface area contributed by atoms with Crippen molar-refractivity contribution in [3.05, 3.63) is 83.2 Å². The first-order valence-electron chi connectivity index (χ1n) is 7.99. The quantitative estimate of drug-likeness (QED) is 0.618. The second-order valence-electron chi connectivity index (χ2n) is 5.79. The monoisotopic (exact) mass is 345 g/mol. The molecular formula is C19H15N5O2. The van der Waals surface area contributed by atoms with Crippen LogP contribution in [0.15, 0.2) is 72.0 Å². The molecule has 7 heteroatoms. The third-order valence-corrected chi connectivity index (χ3v) is 4.11. The van der Waals surface area contributed by atoms with Gasteiger partial charge in [-0.3, -0.25) is 14.3 Å². The minimum absolute atomic E-state index is 0.134. The molecule has 1 amide bonds. The number of carbonyl (C=O) groups is 1. The summed E-state index contributed by atoms with van der Waals surface area (Å²) in [6, 6.07) is 14.3. The first-order valence-corrected chi connectivity index (χ1v) is 7.99. The zero-order valence-electron chi connectivity index (χ0n) is 14.0. The molecule has 0 saturated heterocycles. The van der Waals surface area contributed by atoms with Gasteiger partial charge in [0.05, 0.1) is 11.8 Å². The van der Waals surface area contributed by atoms with Gasteiger partial charge in [-0.15, -0.1) is 0 Å². The van der Waals surface area contributed by atoms with Crippen molar-refractivity contribution < 1.29 is 4.79 Å². The number of para-hydroxylation sites is 1. The van der Waals surface area contributed by atoms with Crippen LogP contribution < -0.4 is 10.7 Å². The van der Waals surface area contributed by atoms with E-state index in [9.17, 15) is 9.59 Å². The van der Waals surface area contributed by atoms with Gasteiger partial charge in [-0.1, -0.05) is 12.1 Å². The smallest absolute Gasteiger partial charge is 0.280 e. The number of fused-ring (bicyclic) bond motifs is 1. The van der Waals surface area contributed by atoms with Crippen molar-refractivity contribution in [3.8, 4) is 5.69 Å². The van der Waals surface area contributed by atoms with Crippen molar-refractivity contribution in [2.45, 2.75) is 0 Å². The SMILES string of the molecule is Cn1nc(C(=O)Nc2ccc(-n3ccnc3)cc2)c(=O)c2ccccc21. The van der Waals surface area contributed by atoms with E-state index in [1.807, 2.05) is 29.0 Å². The Balaban J connectivity index is 1.63. The number of nitrogens with one attached hydrogen (secondary N) is 1. The Hall–Kier alpha value is -3.74. The lowest BCUT2D eigenvalue weighted by Crippen LogP contribution is -2.26. The largest absolute Gasteiger partial charge is 0.320 e. The Bertz CT molecular complexity index is 1140. The lowest BCUT2D eigenvalue weighted by molar-refractivity contribution is 0.101. The highest BCUT2D eigenvalue weighted by Crippen LogP contribution is 2.14. The summed E-state index contributed by atoms with van der Waals surface area (Å²) in [5, 5.41) is 7.32. The van der Waals surface area contributed by atoms with Crippen LogP contribution in [0.25, 0.3) is 16.6 Å². The Morgan fingerprint density at radius 3 is 2.58 bits per heavy atom.